The smallest absolute Gasteiger partial charge is 0.125 e. The summed E-state index contributed by atoms with van der Waals surface area (Å²) in [6.07, 6.45) is 8.66. The number of aromatic nitrogens is 2. The van der Waals surface area contributed by atoms with E-state index in [2.05, 4.69) is 22.4 Å². The van der Waals surface area contributed by atoms with E-state index in [0.29, 0.717) is 6.54 Å². The SMILES string of the molecule is C#CCNC(C#N)c1cnn(-c2ccccc2)c1. The summed E-state index contributed by atoms with van der Waals surface area (Å²) in [5.41, 5.74) is 1.76. The average molecular weight is 236 g/mol. The van der Waals surface area contributed by atoms with Gasteiger partial charge < -0.3 is 0 Å². The maximum absolute atomic E-state index is 9.07. The number of rotatable bonds is 4. The van der Waals surface area contributed by atoms with Gasteiger partial charge in [0.1, 0.15) is 6.04 Å². The van der Waals surface area contributed by atoms with E-state index >= 15 is 0 Å². The standard InChI is InChI=1S/C14H12N4/c1-2-8-16-14(9-15)12-10-17-18(11-12)13-6-4-3-5-7-13/h1,3-7,10-11,14,16H,8H2. The topological polar surface area (TPSA) is 53.6 Å². The molecule has 88 valence electrons. The third kappa shape index (κ3) is 2.57. The Morgan fingerprint density at radius 2 is 2.17 bits per heavy atom. The number of benzene rings is 1. The van der Waals surface area contributed by atoms with Crippen LogP contribution in [0.25, 0.3) is 5.69 Å². The third-order valence-corrected chi connectivity index (χ3v) is 2.49. The molecule has 0 saturated carbocycles. The number of para-hydroxylation sites is 1. The van der Waals surface area contributed by atoms with Crippen LogP contribution >= 0.6 is 0 Å². The third-order valence-electron chi connectivity index (χ3n) is 2.49. The van der Waals surface area contributed by atoms with Gasteiger partial charge in [0.2, 0.25) is 0 Å². The molecule has 18 heavy (non-hydrogen) atoms. The molecule has 0 aliphatic rings. The Labute approximate surface area is 106 Å². The highest BCUT2D eigenvalue weighted by molar-refractivity contribution is 5.32. The molecule has 1 atom stereocenters. The number of nitrogens with zero attached hydrogens (tertiary/aromatic N) is 3. The minimum atomic E-state index is -0.432. The number of nitrogens with one attached hydrogen (secondary N) is 1. The van der Waals surface area contributed by atoms with E-state index in [4.69, 9.17) is 11.7 Å². The van der Waals surface area contributed by atoms with Crippen LogP contribution in [0.4, 0.5) is 0 Å². The molecule has 0 spiro atoms. The lowest BCUT2D eigenvalue weighted by molar-refractivity contribution is 0.690. The predicted molar refractivity (Wildman–Crippen MR) is 68.8 cm³/mol. The van der Waals surface area contributed by atoms with Crippen molar-refractivity contribution in [3.05, 3.63) is 48.3 Å². The van der Waals surface area contributed by atoms with Crippen molar-refractivity contribution in [1.82, 2.24) is 15.1 Å². The van der Waals surface area contributed by atoms with Crippen molar-refractivity contribution in [2.75, 3.05) is 6.54 Å². The van der Waals surface area contributed by atoms with Gasteiger partial charge in [0.05, 0.1) is 24.5 Å². The van der Waals surface area contributed by atoms with Crippen molar-refractivity contribution in [3.63, 3.8) is 0 Å². The summed E-state index contributed by atoms with van der Waals surface area (Å²) in [7, 11) is 0. The molecule has 0 bridgehead atoms. The summed E-state index contributed by atoms with van der Waals surface area (Å²) in [4.78, 5) is 0. The van der Waals surface area contributed by atoms with Crippen molar-refractivity contribution in [3.8, 4) is 24.1 Å². The zero-order chi connectivity index (χ0) is 12.8. The Balaban J connectivity index is 2.20. The van der Waals surface area contributed by atoms with Crippen LogP contribution in [-0.2, 0) is 0 Å². The first-order valence-corrected chi connectivity index (χ1v) is 5.51. The van der Waals surface area contributed by atoms with Crippen LogP contribution in [0.5, 0.6) is 0 Å². The van der Waals surface area contributed by atoms with E-state index in [9.17, 15) is 0 Å². The van der Waals surface area contributed by atoms with Gasteiger partial charge in [0, 0.05) is 11.8 Å². The first-order valence-electron chi connectivity index (χ1n) is 5.51. The van der Waals surface area contributed by atoms with Gasteiger partial charge in [0.25, 0.3) is 0 Å². The fraction of sp³-hybridized carbons (Fsp3) is 0.143. The molecule has 4 heteroatoms. The van der Waals surface area contributed by atoms with Gasteiger partial charge in [-0.25, -0.2) is 4.68 Å². The second-order valence-electron chi connectivity index (χ2n) is 3.70. The summed E-state index contributed by atoms with van der Waals surface area (Å²) in [6.45, 7) is 0.356. The summed E-state index contributed by atoms with van der Waals surface area (Å²) in [6, 6.07) is 11.5. The second kappa shape index (κ2) is 5.67. The van der Waals surface area contributed by atoms with Crippen molar-refractivity contribution in [2.45, 2.75) is 6.04 Å². The van der Waals surface area contributed by atoms with E-state index in [0.717, 1.165) is 11.3 Å². The van der Waals surface area contributed by atoms with E-state index in [1.807, 2.05) is 36.5 Å². The van der Waals surface area contributed by atoms with Gasteiger partial charge in [-0.1, -0.05) is 24.1 Å². The highest BCUT2D eigenvalue weighted by Gasteiger charge is 2.11. The Hall–Kier alpha value is -2.56. The molecule has 1 unspecified atom stereocenters. The Kier molecular flexibility index (Phi) is 3.76. The Bertz CT molecular complexity index is 586. The zero-order valence-corrected chi connectivity index (χ0v) is 9.74. The predicted octanol–water partition coefficient (Wildman–Crippen LogP) is 1.66. The number of hydrogen-bond donors (Lipinski definition) is 1. The number of hydrogen-bond acceptors (Lipinski definition) is 3. The molecule has 1 aromatic carbocycles. The summed E-state index contributed by atoms with van der Waals surface area (Å²) < 4.78 is 1.73. The van der Waals surface area contributed by atoms with Crippen LogP contribution in [0.2, 0.25) is 0 Å². The van der Waals surface area contributed by atoms with Crippen molar-refractivity contribution in [1.29, 1.82) is 5.26 Å². The van der Waals surface area contributed by atoms with Gasteiger partial charge in [-0.3, -0.25) is 5.32 Å². The molecule has 0 saturated heterocycles. The molecule has 2 aromatic rings. The highest BCUT2D eigenvalue weighted by Crippen LogP contribution is 2.13. The van der Waals surface area contributed by atoms with Crippen LogP contribution in [0.1, 0.15) is 11.6 Å². The van der Waals surface area contributed by atoms with Crippen LogP contribution in [-0.4, -0.2) is 16.3 Å². The van der Waals surface area contributed by atoms with Crippen LogP contribution in [0.15, 0.2) is 42.7 Å². The van der Waals surface area contributed by atoms with Crippen molar-refractivity contribution in [2.24, 2.45) is 0 Å². The van der Waals surface area contributed by atoms with Gasteiger partial charge >= 0.3 is 0 Å². The van der Waals surface area contributed by atoms with Crippen LogP contribution < -0.4 is 5.32 Å². The van der Waals surface area contributed by atoms with Crippen LogP contribution in [0, 0.1) is 23.7 Å². The van der Waals surface area contributed by atoms with Gasteiger partial charge in [-0.15, -0.1) is 6.42 Å². The molecule has 0 fully saturated rings. The zero-order valence-electron chi connectivity index (χ0n) is 9.74. The summed E-state index contributed by atoms with van der Waals surface area (Å²) in [5, 5.41) is 16.3. The molecule has 1 heterocycles. The lowest BCUT2D eigenvalue weighted by atomic mass is 10.2. The molecule has 1 aromatic heterocycles. The largest absolute Gasteiger partial charge is 0.287 e. The molecule has 1 N–H and O–H groups in total. The first-order chi connectivity index (χ1) is 8.85. The monoisotopic (exact) mass is 236 g/mol. The van der Waals surface area contributed by atoms with E-state index in [1.54, 1.807) is 10.9 Å². The van der Waals surface area contributed by atoms with Crippen molar-refractivity contribution < 1.29 is 0 Å². The summed E-state index contributed by atoms with van der Waals surface area (Å²) in [5.74, 6) is 2.45. The molecule has 0 amide bonds. The fourth-order valence-electron chi connectivity index (χ4n) is 1.61. The van der Waals surface area contributed by atoms with E-state index < -0.39 is 6.04 Å². The Morgan fingerprint density at radius 1 is 1.39 bits per heavy atom. The average Bonchev–Trinajstić information content (AvgIpc) is 2.90. The van der Waals surface area contributed by atoms with Gasteiger partial charge in [-0.05, 0) is 12.1 Å². The normalized spacial score (nSPS) is 11.4. The molecule has 0 aliphatic carbocycles. The highest BCUT2D eigenvalue weighted by atomic mass is 15.3. The molecule has 0 aliphatic heterocycles. The second-order valence-corrected chi connectivity index (χ2v) is 3.70. The first kappa shape index (κ1) is 11.9. The maximum atomic E-state index is 9.07. The minimum Gasteiger partial charge on any atom is -0.287 e. The molecule has 0 radical (unpaired) electrons. The molecule has 2 rings (SSSR count). The molecule has 4 nitrogen and oxygen atoms in total. The fourth-order valence-corrected chi connectivity index (χ4v) is 1.61. The maximum Gasteiger partial charge on any atom is 0.125 e. The molecular formula is C14H12N4. The van der Waals surface area contributed by atoms with E-state index in [1.165, 1.54) is 0 Å². The number of nitriles is 1. The van der Waals surface area contributed by atoms with E-state index in [-0.39, 0.29) is 0 Å². The van der Waals surface area contributed by atoms with Gasteiger partial charge in [-0.2, -0.15) is 10.4 Å². The minimum absolute atomic E-state index is 0.356. The lowest BCUT2D eigenvalue weighted by Gasteiger charge is -2.05. The number of terminal acetylenes is 1. The Morgan fingerprint density at radius 3 is 2.83 bits per heavy atom. The quantitative estimate of drug-likeness (QED) is 0.821. The summed E-state index contributed by atoms with van der Waals surface area (Å²) >= 11 is 0. The lowest BCUT2D eigenvalue weighted by Crippen LogP contribution is -2.19. The van der Waals surface area contributed by atoms with Crippen molar-refractivity contribution >= 4 is 0 Å². The van der Waals surface area contributed by atoms with Crippen LogP contribution in [0.3, 0.4) is 0 Å². The molecular weight excluding hydrogens is 224 g/mol. The van der Waals surface area contributed by atoms with Gasteiger partial charge in [0.15, 0.2) is 0 Å².